The SMILES string of the molecule is CCCCCCCCCCCCSC(C(=O)Nc1cc(C)c(O)c(C)c1C)c1cc(C(C)(C)C)c(O)c(C(C)(C)C)c1. The number of phenols is 2. The van der Waals surface area contributed by atoms with Crippen LogP contribution in [-0.2, 0) is 15.6 Å². The van der Waals surface area contributed by atoms with Gasteiger partial charge >= 0.3 is 0 Å². The van der Waals surface area contributed by atoms with Gasteiger partial charge in [-0.2, -0.15) is 0 Å². The van der Waals surface area contributed by atoms with Gasteiger partial charge in [-0.05, 0) is 95.4 Å². The highest BCUT2D eigenvalue weighted by Gasteiger charge is 2.31. The number of rotatable bonds is 15. The summed E-state index contributed by atoms with van der Waals surface area (Å²) in [4.78, 5) is 14.0. The van der Waals surface area contributed by atoms with Crippen molar-refractivity contribution in [3.8, 4) is 11.5 Å². The zero-order valence-corrected chi connectivity index (χ0v) is 29.1. The number of anilines is 1. The van der Waals surface area contributed by atoms with E-state index in [9.17, 15) is 15.0 Å². The number of phenolic OH excluding ortho intramolecular Hbond substituents is 2. The van der Waals surface area contributed by atoms with Crippen LogP contribution in [0.3, 0.4) is 0 Å². The summed E-state index contributed by atoms with van der Waals surface area (Å²) in [7, 11) is 0. The second-order valence-electron chi connectivity index (χ2n) is 14.2. The van der Waals surface area contributed by atoms with Gasteiger partial charge in [-0.3, -0.25) is 4.79 Å². The van der Waals surface area contributed by atoms with Crippen molar-refractivity contribution >= 4 is 23.4 Å². The van der Waals surface area contributed by atoms with E-state index in [1.807, 2.05) is 39.0 Å². The molecule has 5 heteroatoms. The van der Waals surface area contributed by atoms with Crippen LogP contribution in [0.15, 0.2) is 18.2 Å². The number of hydrogen-bond donors (Lipinski definition) is 3. The van der Waals surface area contributed by atoms with Gasteiger partial charge in [0.1, 0.15) is 16.7 Å². The molecule has 0 bridgehead atoms. The number of nitrogens with one attached hydrogen (secondary N) is 1. The van der Waals surface area contributed by atoms with E-state index in [0.29, 0.717) is 5.75 Å². The van der Waals surface area contributed by atoms with E-state index in [2.05, 4.69) is 53.8 Å². The molecule has 0 fully saturated rings. The lowest BCUT2D eigenvalue weighted by atomic mass is 9.78. The minimum Gasteiger partial charge on any atom is -0.507 e. The van der Waals surface area contributed by atoms with Crippen molar-refractivity contribution < 1.29 is 15.0 Å². The first kappa shape index (κ1) is 36.1. The van der Waals surface area contributed by atoms with Gasteiger partial charge in [0.2, 0.25) is 5.91 Å². The van der Waals surface area contributed by atoms with Crippen molar-refractivity contribution in [1.82, 2.24) is 0 Å². The molecule has 2 rings (SSSR count). The van der Waals surface area contributed by atoms with E-state index in [4.69, 9.17) is 0 Å². The van der Waals surface area contributed by atoms with Crippen LogP contribution in [0.25, 0.3) is 0 Å². The highest BCUT2D eigenvalue weighted by atomic mass is 32.2. The minimum absolute atomic E-state index is 0.0647. The van der Waals surface area contributed by atoms with Crippen LogP contribution in [0.2, 0.25) is 0 Å². The van der Waals surface area contributed by atoms with Crippen molar-refractivity contribution in [1.29, 1.82) is 0 Å². The van der Waals surface area contributed by atoms with Gasteiger partial charge in [0.05, 0.1) is 0 Å². The standard InChI is InChI=1S/C37H59NO3S/c1-11-12-13-14-15-16-17-18-19-20-21-42-34(35(41)38-31-22-25(2)32(39)27(4)26(31)3)28-23-29(36(5,6)7)33(40)30(24-28)37(8,9)10/h22-24,34,39-40H,11-21H2,1-10H3,(H,38,41). The van der Waals surface area contributed by atoms with Crippen LogP contribution < -0.4 is 5.32 Å². The molecule has 2 aromatic rings. The molecule has 236 valence electrons. The maximum Gasteiger partial charge on any atom is 0.242 e. The number of carbonyl (C=O) groups excluding carboxylic acids is 1. The zero-order chi connectivity index (χ0) is 31.7. The van der Waals surface area contributed by atoms with E-state index in [0.717, 1.165) is 51.2 Å². The third-order valence-corrected chi connectivity index (χ3v) is 9.73. The van der Waals surface area contributed by atoms with Crippen molar-refractivity contribution in [3.63, 3.8) is 0 Å². The molecule has 0 heterocycles. The molecule has 0 aromatic heterocycles. The molecule has 1 unspecified atom stereocenters. The van der Waals surface area contributed by atoms with Crippen LogP contribution in [0.1, 0.15) is 151 Å². The topological polar surface area (TPSA) is 69.6 Å². The Morgan fingerprint density at radius 1 is 0.738 bits per heavy atom. The van der Waals surface area contributed by atoms with Gasteiger partial charge in [0.25, 0.3) is 0 Å². The Labute approximate surface area is 261 Å². The highest BCUT2D eigenvalue weighted by Crippen LogP contribution is 2.43. The molecule has 0 radical (unpaired) electrons. The third-order valence-electron chi connectivity index (χ3n) is 8.39. The van der Waals surface area contributed by atoms with Gasteiger partial charge in [-0.1, -0.05) is 106 Å². The average molecular weight is 598 g/mol. The second-order valence-corrected chi connectivity index (χ2v) is 15.4. The van der Waals surface area contributed by atoms with Gasteiger partial charge in [-0.15, -0.1) is 11.8 Å². The number of unbranched alkanes of at least 4 members (excludes halogenated alkanes) is 9. The maximum absolute atomic E-state index is 14.0. The molecule has 4 nitrogen and oxygen atoms in total. The van der Waals surface area contributed by atoms with E-state index in [1.165, 1.54) is 57.8 Å². The molecular weight excluding hydrogens is 538 g/mol. The quantitative estimate of drug-likeness (QED) is 0.141. The molecule has 0 aliphatic rings. The molecule has 0 saturated carbocycles. The first-order chi connectivity index (χ1) is 19.6. The minimum atomic E-state index is -0.416. The molecule has 0 spiro atoms. The first-order valence-electron chi connectivity index (χ1n) is 16.2. The summed E-state index contributed by atoms with van der Waals surface area (Å²) in [6.07, 6.45) is 12.9. The Morgan fingerprint density at radius 2 is 1.21 bits per heavy atom. The predicted molar refractivity (Wildman–Crippen MR) is 183 cm³/mol. The second kappa shape index (κ2) is 16.1. The molecule has 1 atom stereocenters. The van der Waals surface area contributed by atoms with Gasteiger partial charge < -0.3 is 15.5 Å². The molecular formula is C37H59NO3S. The molecule has 0 aliphatic heterocycles. The number of aromatic hydroxyl groups is 2. The predicted octanol–water partition coefficient (Wildman–Crippen LogP) is 11.0. The van der Waals surface area contributed by atoms with Crippen LogP contribution in [0.5, 0.6) is 11.5 Å². The van der Waals surface area contributed by atoms with Crippen molar-refractivity contribution in [2.24, 2.45) is 0 Å². The van der Waals surface area contributed by atoms with E-state index < -0.39 is 5.25 Å². The number of hydrogen-bond acceptors (Lipinski definition) is 4. The Hall–Kier alpha value is -2.14. The fraction of sp³-hybridized carbons (Fsp3) is 0.649. The number of carbonyl (C=O) groups is 1. The number of benzene rings is 2. The first-order valence-corrected chi connectivity index (χ1v) is 17.2. The monoisotopic (exact) mass is 597 g/mol. The Kier molecular flexibility index (Phi) is 13.8. The van der Waals surface area contributed by atoms with Crippen LogP contribution in [0.4, 0.5) is 5.69 Å². The summed E-state index contributed by atoms with van der Waals surface area (Å²) in [6, 6.07) is 5.94. The molecule has 0 aliphatic carbocycles. The summed E-state index contributed by atoms with van der Waals surface area (Å²) in [5.74, 6) is 1.45. The molecule has 3 N–H and O–H groups in total. The molecule has 1 amide bonds. The average Bonchev–Trinajstić information content (AvgIpc) is 2.90. The fourth-order valence-electron chi connectivity index (χ4n) is 5.46. The van der Waals surface area contributed by atoms with Crippen molar-refractivity contribution in [2.75, 3.05) is 11.1 Å². The van der Waals surface area contributed by atoms with Crippen molar-refractivity contribution in [2.45, 2.75) is 150 Å². The van der Waals surface area contributed by atoms with Gasteiger partial charge in [-0.25, -0.2) is 0 Å². The number of aryl methyl sites for hydroxylation is 1. The normalized spacial score (nSPS) is 12.9. The summed E-state index contributed by atoms with van der Waals surface area (Å²) >= 11 is 1.70. The van der Waals surface area contributed by atoms with Crippen LogP contribution >= 0.6 is 11.8 Å². The Balaban J connectivity index is 2.29. The Morgan fingerprint density at radius 3 is 1.69 bits per heavy atom. The molecule has 2 aromatic carbocycles. The highest BCUT2D eigenvalue weighted by molar-refractivity contribution is 8.00. The lowest BCUT2D eigenvalue weighted by Crippen LogP contribution is -2.23. The van der Waals surface area contributed by atoms with E-state index >= 15 is 0 Å². The van der Waals surface area contributed by atoms with Crippen LogP contribution in [-0.4, -0.2) is 21.9 Å². The molecule has 42 heavy (non-hydrogen) atoms. The summed E-state index contributed by atoms with van der Waals surface area (Å²) in [6.45, 7) is 20.6. The summed E-state index contributed by atoms with van der Waals surface area (Å²) < 4.78 is 0. The number of amides is 1. The smallest absolute Gasteiger partial charge is 0.242 e. The summed E-state index contributed by atoms with van der Waals surface area (Å²) in [5, 5.41) is 24.5. The fourth-order valence-corrected chi connectivity index (χ4v) is 6.61. The maximum atomic E-state index is 14.0. The Bertz CT molecular complexity index is 1140. The van der Waals surface area contributed by atoms with E-state index in [1.54, 1.807) is 11.8 Å². The lowest BCUT2D eigenvalue weighted by molar-refractivity contribution is -0.115. The largest absolute Gasteiger partial charge is 0.507 e. The molecule has 0 saturated heterocycles. The lowest BCUT2D eigenvalue weighted by Gasteiger charge is -2.30. The summed E-state index contributed by atoms with van der Waals surface area (Å²) in [5.41, 5.74) is 5.28. The third kappa shape index (κ3) is 10.2. The van der Waals surface area contributed by atoms with Gasteiger partial charge in [0.15, 0.2) is 0 Å². The van der Waals surface area contributed by atoms with Crippen molar-refractivity contribution in [3.05, 3.63) is 51.6 Å². The van der Waals surface area contributed by atoms with Crippen LogP contribution in [0, 0.1) is 20.8 Å². The van der Waals surface area contributed by atoms with E-state index in [-0.39, 0.29) is 22.5 Å². The number of thioether (sulfide) groups is 1. The van der Waals surface area contributed by atoms with Gasteiger partial charge in [0, 0.05) is 5.69 Å². The zero-order valence-electron chi connectivity index (χ0n) is 28.3.